The highest BCUT2D eigenvalue weighted by Crippen LogP contribution is 2.47. The van der Waals surface area contributed by atoms with E-state index in [9.17, 15) is 0 Å². The van der Waals surface area contributed by atoms with Crippen molar-refractivity contribution in [1.82, 2.24) is 19.3 Å². The summed E-state index contributed by atoms with van der Waals surface area (Å²) in [6, 6.07) is 25.4. The van der Waals surface area contributed by atoms with E-state index in [0.717, 1.165) is 45.3 Å². The molecule has 0 radical (unpaired) electrons. The monoisotopic (exact) mass is 622 g/mol. The largest absolute Gasteiger partial charge is 0.457 e. The number of aryl methyl sites for hydroxylation is 3. The van der Waals surface area contributed by atoms with Gasteiger partial charge in [-0.2, -0.15) is 5.10 Å². The minimum atomic E-state index is 0.269. The second-order valence-corrected chi connectivity index (χ2v) is 14.9. The molecule has 0 saturated carbocycles. The molecular weight excluding hydrogens is 576 g/mol. The lowest BCUT2D eigenvalue weighted by Gasteiger charge is -2.39. The first-order valence-corrected chi connectivity index (χ1v) is 16.9. The zero-order chi connectivity index (χ0) is 33.2. The van der Waals surface area contributed by atoms with Crippen molar-refractivity contribution in [3.63, 3.8) is 0 Å². The Bertz CT molecular complexity index is 2170. The van der Waals surface area contributed by atoms with Crippen LogP contribution in [0, 0.1) is 44.9 Å². The summed E-state index contributed by atoms with van der Waals surface area (Å²) in [7, 11) is 0. The summed E-state index contributed by atoms with van der Waals surface area (Å²) in [6.45, 7) is 20.4. The number of aromatic nitrogens is 4. The van der Waals surface area contributed by atoms with Crippen molar-refractivity contribution in [3.8, 4) is 23.0 Å². The van der Waals surface area contributed by atoms with Gasteiger partial charge >= 0.3 is 0 Å². The third kappa shape index (κ3) is 5.56. The number of benzene rings is 3. The van der Waals surface area contributed by atoms with Crippen molar-refractivity contribution in [2.24, 2.45) is 17.3 Å². The van der Waals surface area contributed by atoms with Crippen molar-refractivity contribution in [2.75, 3.05) is 0 Å². The van der Waals surface area contributed by atoms with Gasteiger partial charge < -0.3 is 4.74 Å². The van der Waals surface area contributed by atoms with Crippen LogP contribution in [0.1, 0.15) is 75.0 Å². The van der Waals surface area contributed by atoms with Crippen LogP contribution >= 0.6 is 0 Å². The third-order valence-corrected chi connectivity index (χ3v) is 10.2. The number of rotatable bonds is 5. The quantitative estimate of drug-likeness (QED) is 0.180. The molecule has 3 aromatic carbocycles. The number of para-hydroxylation sites is 1. The number of allylic oxidation sites excluding steroid dienone is 2. The van der Waals surface area contributed by atoms with E-state index in [0.29, 0.717) is 17.8 Å². The maximum Gasteiger partial charge on any atom is 0.137 e. The molecule has 0 fully saturated rings. The van der Waals surface area contributed by atoms with E-state index in [-0.39, 0.29) is 5.41 Å². The van der Waals surface area contributed by atoms with Crippen LogP contribution in [0.3, 0.4) is 0 Å². The lowest BCUT2D eigenvalue weighted by Crippen LogP contribution is -2.28. The van der Waals surface area contributed by atoms with Crippen LogP contribution < -0.4 is 4.74 Å². The SMILES string of the molecule is CC1=C[C@H](C(C)(C)C)C[C@H](C)C1c1c(C)nn(-c2cc(C)cc(Oc3ccc4c5ccccc5n(-c5cc(C)ccn5)c4c3)c2)c1C. The smallest absolute Gasteiger partial charge is 0.137 e. The van der Waals surface area contributed by atoms with Crippen LogP contribution in [-0.2, 0) is 0 Å². The summed E-state index contributed by atoms with van der Waals surface area (Å²) >= 11 is 0. The molecular formula is C42H46N4O. The first kappa shape index (κ1) is 31.0. The molecule has 0 amide bonds. The van der Waals surface area contributed by atoms with Gasteiger partial charge in [-0.1, -0.05) is 57.5 Å². The number of fused-ring (bicyclic) bond motifs is 3. The van der Waals surface area contributed by atoms with Gasteiger partial charge in [0.2, 0.25) is 0 Å². The molecule has 0 N–H and O–H groups in total. The molecule has 3 heterocycles. The van der Waals surface area contributed by atoms with Crippen molar-refractivity contribution in [2.45, 2.75) is 74.7 Å². The predicted octanol–water partition coefficient (Wildman–Crippen LogP) is 11.1. The Hall–Kier alpha value is -4.64. The van der Waals surface area contributed by atoms with Gasteiger partial charge in [-0.15, -0.1) is 0 Å². The van der Waals surface area contributed by atoms with E-state index < -0.39 is 0 Å². The van der Waals surface area contributed by atoms with Gasteiger partial charge in [0.1, 0.15) is 17.3 Å². The van der Waals surface area contributed by atoms with Crippen LogP contribution in [0.5, 0.6) is 11.5 Å². The summed E-state index contributed by atoms with van der Waals surface area (Å²) in [5.41, 5.74) is 10.9. The minimum absolute atomic E-state index is 0.269. The summed E-state index contributed by atoms with van der Waals surface area (Å²) in [6.07, 6.45) is 5.60. The highest BCUT2D eigenvalue weighted by atomic mass is 16.5. The minimum Gasteiger partial charge on any atom is -0.457 e. The van der Waals surface area contributed by atoms with Crippen LogP contribution in [0.4, 0.5) is 0 Å². The van der Waals surface area contributed by atoms with Crippen LogP contribution in [0.2, 0.25) is 0 Å². The van der Waals surface area contributed by atoms with Gasteiger partial charge in [0.05, 0.1) is 22.4 Å². The van der Waals surface area contributed by atoms with Crippen molar-refractivity contribution < 1.29 is 4.74 Å². The Kier molecular flexibility index (Phi) is 7.62. The molecule has 0 saturated heterocycles. The zero-order valence-corrected chi connectivity index (χ0v) is 29.2. The van der Waals surface area contributed by atoms with Crippen molar-refractivity contribution >= 4 is 21.8 Å². The molecule has 5 heteroatoms. The molecule has 1 aliphatic carbocycles. The second kappa shape index (κ2) is 11.6. The molecule has 0 spiro atoms. The van der Waals surface area contributed by atoms with E-state index >= 15 is 0 Å². The van der Waals surface area contributed by atoms with E-state index in [1.165, 1.54) is 39.6 Å². The number of hydrogen-bond donors (Lipinski definition) is 0. The standard InChI is InChI=1S/C42H46N4O/c1-25-16-17-43-39(20-25)45-37-13-11-10-12-35(37)36-15-14-33(24-38(36)45)47-34-19-26(2)18-32(23-34)46-30(6)41(29(5)44-46)40-27(3)21-31(22-28(40)4)42(7,8)9/h10-21,23-24,28,31,40H,22H2,1-9H3/t28-,31-,40?/m0/s1. The fraction of sp³-hybridized carbons (Fsp3) is 0.333. The molecule has 6 aromatic rings. The zero-order valence-electron chi connectivity index (χ0n) is 29.2. The maximum absolute atomic E-state index is 6.63. The molecule has 240 valence electrons. The van der Waals surface area contributed by atoms with Gasteiger partial charge in [-0.3, -0.25) is 4.57 Å². The maximum atomic E-state index is 6.63. The Morgan fingerprint density at radius 3 is 2.30 bits per heavy atom. The highest BCUT2D eigenvalue weighted by molar-refractivity contribution is 6.09. The topological polar surface area (TPSA) is 44.9 Å². The van der Waals surface area contributed by atoms with Crippen LogP contribution in [0.25, 0.3) is 33.3 Å². The molecule has 3 atom stereocenters. The molecule has 3 aromatic heterocycles. The van der Waals surface area contributed by atoms with Gasteiger partial charge in [-0.25, -0.2) is 9.67 Å². The molecule has 1 aliphatic rings. The van der Waals surface area contributed by atoms with E-state index in [1.807, 2.05) is 12.3 Å². The first-order valence-electron chi connectivity index (χ1n) is 16.9. The average molecular weight is 623 g/mol. The Labute approximate surface area is 278 Å². The predicted molar refractivity (Wildman–Crippen MR) is 194 cm³/mol. The molecule has 1 unspecified atom stereocenters. The molecule has 0 bridgehead atoms. The summed E-state index contributed by atoms with van der Waals surface area (Å²) in [5, 5.41) is 7.49. The van der Waals surface area contributed by atoms with Crippen LogP contribution in [0.15, 0.2) is 90.6 Å². The van der Waals surface area contributed by atoms with Gasteiger partial charge in [-0.05, 0) is 112 Å². The summed E-state index contributed by atoms with van der Waals surface area (Å²) < 4.78 is 11.0. The summed E-state index contributed by atoms with van der Waals surface area (Å²) in [4.78, 5) is 4.74. The first-order chi connectivity index (χ1) is 22.4. The molecule has 7 rings (SSSR count). The second-order valence-electron chi connectivity index (χ2n) is 14.9. The van der Waals surface area contributed by atoms with E-state index in [1.54, 1.807) is 0 Å². The Morgan fingerprint density at radius 2 is 1.55 bits per heavy atom. The summed E-state index contributed by atoms with van der Waals surface area (Å²) in [5.74, 6) is 4.00. The third-order valence-electron chi connectivity index (χ3n) is 10.2. The average Bonchev–Trinajstić information content (AvgIpc) is 3.49. The van der Waals surface area contributed by atoms with E-state index in [2.05, 4.69) is 144 Å². The normalized spacial score (nSPS) is 18.6. The fourth-order valence-electron chi connectivity index (χ4n) is 7.90. The number of hydrogen-bond acceptors (Lipinski definition) is 3. The van der Waals surface area contributed by atoms with Gasteiger partial charge in [0.15, 0.2) is 0 Å². The fourth-order valence-corrected chi connectivity index (χ4v) is 7.90. The molecule has 47 heavy (non-hydrogen) atoms. The number of ether oxygens (including phenoxy) is 1. The molecule has 0 aliphatic heterocycles. The van der Waals surface area contributed by atoms with Gasteiger partial charge in [0.25, 0.3) is 0 Å². The highest BCUT2D eigenvalue weighted by Gasteiger charge is 2.36. The number of nitrogens with zero attached hydrogens (tertiary/aromatic N) is 4. The van der Waals surface area contributed by atoms with Crippen LogP contribution in [-0.4, -0.2) is 19.3 Å². The lowest BCUT2D eigenvalue weighted by molar-refractivity contribution is 0.224. The number of pyridine rings is 1. The van der Waals surface area contributed by atoms with Gasteiger partial charge in [0, 0.05) is 46.3 Å². The lowest BCUT2D eigenvalue weighted by atomic mass is 9.65. The Balaban J connectivity index is 1.26. The Morgan fingerprint density at radius 1 is 0.787 bits per heavy atom. The van der Waals surface area contributed by atoms with Crippen molar-refractivity contribution in [3.05, 3.63) is 119 Å². The molecule has 5 nitrogen and oxygen atoms in total. The van der Waals surface area contributed by atoms with E-state index in [4.69, 9.17) is 14.8 Å². The van der Waals surface area contributed by atoms with Crippen molar-refractivity contribution in [1.29, 1.82) is 0 Å².